The number of hydrogen-bond donors (Lipinski definition) is 2. The molecule has 84 valence electrons. The third-order valence-corrected chi connectivity index (χ3v) is 2.45. The Morgan fingerprint density at radius 3 is 3.06 bits per heavy atom. The van der Waals surface area contributed by atoms with E-state index in [-0.39, 0.29) is 6.61 Å². The van der Waals surface area contributed by atoms with Crippen LogP contribution in [0.1, 0.15) is 5.56 Å². The third kappa shape index (κ3) is 2.06. The van der Waals surface area contributed by atoms with Gasteiger partial charge in [0.1, 0.15) is 0 Å². The van der Waals surface area contributed by atoms with Gasteiger partial charge in [-0.25, -0.2) is 0 Å². The van der Waals surface area contributed by atoms with Gasteiger partial charge >= 0.3 is 0 Å². The molecule has 0 amide bonds. The van der Waals surface area contributed by atoms with Crippen molar-refractivity contribution in [2.24, 2.45) is 12.1 Å². The lowest BCUT2D eigenvalue weighted by Crippen LogP contribution is -2.11. The summed E-state index contributed by atoms with van der Waals surface area (Å²) in [6.45, 7) is 0.564. The number of aryl methyl sites for hydroxylation is 1. The van der Waals surface area contributed by atoms with E-state index in [9.17, 15) is 0 Å². The summed E-state index contributed by atoms with van der Waals surface area (Å²) in [5.74, 6) is 0. The molecule has 0 atom stereocenters. The molecule has 16 heavy (non-hydrogen) atoms. The highest BCUT2D eigenvalue weighted by Crippen LogP contribution is 2.18. The Bertz CT molecular complexity index is 502. The number of benzene rings is 1. The van der Waals surface area contributed by atoms with Crippen LogP contribution in [0.2, 0.25) is 0 Å². The number of aliphatic hydroxyl groups is 1. The fourth-order valence-corrected chi connectivity index (χ4v) is 1.71. The van der Waals surface area contributed by atoms with Gasteiger partial charge in [0.25, 0.3) is 0 Å². The molecule has 0 aliphatic carbocycles. The van der Waals surface area contributed by atoms with Crippen LogP contribution in [0.5, 0.6) is 0 Å². The van der Waals surface area contributed by atoms with Gasteiger partial charge in [0.05, 0.1) is 19.4 Å². The lowest BCUT2D eigenvalue weighted by atomic mass is 10.2. The summed E-state index contributed by atoms with van der Waals surface area (Å²) in [5.41, 5.74) is 5.03. The third-order valence-electron chi connectivity index (χ3n) is 2.45. The van der Waals surface area contributed by atoms with Crippen molar-refractivity contribution < 1.29 is 5.11 Å². The smallest absolute Gasteiger partial charge is 0.0620 e. The number of aromatic nitrogens is 1. The highest BCUT2D eigenvalue weighted by molar-refractivity contribution is 5.99. The molecular formula is C12H15N3O. The maximum atomic E-state index is 8.60. The van der Waals surface area contributed by atoms with Crippen molar-refractivity contribution in [1.82, 2.24) is 9.99 Å². The van der Waals surface area contributed by atoms with Crippen LogP contribution in [-0.4, -0.2) is 29.0 Å². The van der Waals surface area contributed by atoms with Crippen molar-refractivity contribution in [1.29, 1.82) is 0 Å². The Morgan fingerprint density at radius 2 is 2.25 bits per heavy atom. The molecule has 0 aliphatic rings. The van der Waals surface area contributed by atoms with E-state index in [0.29, 0.717) is 6.54 Å². The maximum absolute atomic E-state index is 8.60. The van der Waals surface area contributed by atoms with Crippen molar-refractivity contribution in [2.45, 2.75) is 0 Å². The number of hydrazone groups is 1. The summed E-state index contributed by atoms with van der Waals surface area (Å²) in [4.78, 5) is 0. The summed E-state index contributed by atoms with van der Waals surface area (Å²) in [7, 11) is 2.01. The normalized spacial score (nSPS) is 11.4. The van der Waals surface area contributed by atoms with Crippen LogP contribution >= 0.6 is 0 Å². The Labute approximate surface area is 94.2 Å². The van der Waals surface area contributed by atoms with Crippen LogP contribution in [0.25, 0.3) is 10.9 Å². The van der Waals surface area contributed by atoms with Gasteiger partial charge in [-0.3, -0.25) is 0 Å². The van der Waals surface area contributed by atoms with Gasteiger partial charge in [-0.05, 0) is 6.07 Å². The molecule has 0 saturated heterocycles. The largest absolute Gasteiger partial charge is 0.394 e. The fraction of sp³-hybridized carbons (Fsp3) is 0.250. The average Bonchev–Trinajstić information content (AvgIpc) is 2.63. The average molecular weight is 217 g/mol. The zero-order valence-electron chi connectivity index (χ0n) is 9.22. The summed E-state index contributed by atoms with van der Waals surface area (Å²) >= 11 is 0. The van der Waals surface area contributed by atoms with Crippen LogP contribution in [0.15, 0.2) is 35.6 Å². The van der Waals surface area contributed by atoms with Crippen molar-refractivity contribution in [2.75, 3.05) is 13.2 Å². The maximum Gasteiger partial charge on any atom is 0.0620 e. The van der Waals surface area contributed by atoms with Crippen LogP contribution < -0.4 is 5.43 Å². The number of fused-ring (bicyclic) bond motifs is 1. The first-order valence-electron chi connectivity index (χ1n) is 5.24. The molecule has 2 N–H and O–H groups in total. The van der Waals surface area contributed by atoms with Gasteiger partial charge in [-0.15, -0.1) is 0 Å². The number of hydrogen-bond acceptors (Lipinski definition) is 3. The standard InChI is InChI=1S/C12H15N3O/c1-15-9-10(8-14-13-6-7-16)11-4-2-3-5-12(11)15/h2-5,8-9,13,16H,6-7H2,1H3/b14-8+. The fourth-order valence-electron chi connectivity index (χ4n) is 1.71. The molecule has 0 bridgehead atoms. The monoisotopic (exact) mass is 217 g/mol. The predicted octanol–water partition coefficient (Wildman–Crippen LogP) is 1.09. The molecule has 0 spiro atoms. The minimum atomic E-state index is 0.0902. The predicted molar refractivity (Wildman–Crippen MR) is 65.6 cm³/mol. The van der Waals surface area contributed by atoms with E-state index in [1.807, 2.05) is 25.4 Å². The van der Waals surface area contributed by atoms with Gasteiger partial charge in [0.15, 0.2) is 0 Å². The Morgan fingerprint density at radius 1 is 1.44 bits per heavy atom. The Hall–Kier alpha value is -1.81. The van der Waals surface area contributed by atoms with E-state index in [1.54, 1.807) is 6.21 Å². The van der Waals surface area contributed by atoms with Crippen molar-refractivity contribution >= 4 is 17.1 Å². The van der Waals surface area contributed by atoms with Crippen LogP contribution in [-0.2, 0) is 7.05 Å². The van der Waals surface area contributed by atoms with Crippen molar-refractivity contribution in [3.05, 3.63) is 36.0 Å². The highest BCUT2D eigenvalue weighted by Gasteiger charge is 2.02. The van der Waals surface area contributed by atoms with Crippen molar-refractivity contribution in [3.63, 3.8) is 0 Å². The number of nitrogens with one attached hydrogen (secondary N) is 1. The van der Waals surface area contributed by atoms with Gasteiger partial charge in [0.2, 0.25) is 0 Å². The molecule has 1 aromatic carbocycles. The quantitative estimate of drug-likeness (QED) is 0.457. The first-order chi connectivity index (χ1) is 7.83. The Balaban J connectivity index is 2.27. The minimum absolute atomic E-state index is 0.0902. The lowest BCUT2D eigenvalue weighted by Gasteiger charge is -1.94. The molecule has 0 saturated carbocycles. The second-order valence-electron chi connectivity index (χ2n) is 3.60. The number of rotatable bonds is 4. The van der Waals surface area contributed by atoms with Crippen molar-refractivity contribution in [3.8, 4) is 0 Å². The summed E-state index contributed by atoms with van der Waals surface area (Å²) < 4.78 is 2.07. The minimum Gasteiger partial charge on any atom is -0.394 e. The first-order valence-corrected chi connectivity index (χ1v) is 5.24. The summed E-state index contributed by atoms with van der Waals surface area (Å²) in [6, 6.07) is 8.19. The van der Waals surface area contributed by atoms with E-state index in [4.69, 9.17) is 5.11 Å². The number of aliphatic hydroxyl groups excluding tert-OH is 1. The lowest BCUT2D eigenvalue weighted by molar-refractivity contribution is 0.294. The van der Waals surface area contributed by atoms with E-state index in [1.165, 1.54) is 10.9 Å². The van der Waals surface area contributed by atoms with E-state index in [0.717, 1.165) is 5.56 Å². The molecule has 4 nitrogen and oxygen atoms in total. The van der Waals surface area contributed by atoms with Crippen LogP contribution in [0.3, 0.4) is 0 Å². The molecule has 0 aliphatic heterocycles. The second kappa shape index (κ2) is 4.81. The molecule has 0 unspecified atom stereocenters. The van der Waals surface area contributed by atoms with Gasteiger partial charge in [-0.1, -0.05) is 18.2 Å². The van der Waals surface area contributed by atoms with Gasteiger partial charge in [-0.2, -0.15) is 5.10 Å². The molecule has 0 radical (unpaired) electrons. The number of para-hydroxylation sites is 1. The van der Waals surface area contributed by atoms with Crippen LogP contribution in [0.4, 0.5) is 0 Å². The van der Waals surface area contributed by atoms with E-state index >= 15 is 0 Å². The molecule has 0 fully saturated rings. The van der Waals surface area contributed by atoms with Gasteiger partial charge < -0.3 is 15.1 Å². The number of nitrogens with zero attached hydrogens (tertiary/aromatic N) is 2. The first kappa shape index (κ1) is 10.7. The second-order valence-corrected chi connectivity index (χ2v) is 3.60. The molecule has 1 heterocycles. The van der Waals surface area contributed by atoms with Gasteiger partial charge in [0, 0.05) is 29.7 Å². The molecule has 2 aromatic rings. The SMILES string of the molecule is Cn1cc(/C=N/NCCO)c2ccccc21. The van der Waals surface area contributed by atoms with E-state index < -0.39 is 0 Å². The molecule has 1 aromatic heterocycles. The summed E-state index contributed by atoms with van der Waals surface area (Å²) in [5, 5.41) is 13.8. The van der Waals surface area contributed by atoms with E-state index in [2.05, 4.69) is 27.2 Å². The Kier molecular flexibility index (Phi) is 3.22. The molecule has 4 heteroatoms. The van der Waals surface area contributed by atoms with Crippen LogP contribution in [0, 0.1) is 0 Å². The summed E-state index contributed by atoms with van der Waals surface area (Å²) in [6.07, 6.45) is 3.81. The zero-order chi connectivity index (χ0) is 11.4. The molecular weight excluding hydrogens is 202 g/mol. The highest BCUT2D eigenvalue weighted by atomic mass is 16.3. The molecule has 2 rings (SSSR count). The zero-order valence-corrected chi connectivity index (χ0v) is 9.22. The topological polar surface area (TPSA) is 49.5 Å².